The van der Waals surface area contributed by atoms with Crippen LogP contribution < -0.4 is 10.6 Å². The van der Waals surface area contributed by atoms with Crippen LogP contribution in [-0.2, 0) is 28.5 Å². The number of hydrogen-bond donors (Lipinski definition) is 6. The number of carbonyl (C=O) groups is 2. The van der Waals surface area contributed by atoms with Crippen molar-refractivity contribution in [2.75, 3.05) is 65.8 Å². The Balaban J connectivity index is 0.000000236. The van der Waals surface area contributed by atoms with E-state index in [1.54, 1.807) is 0 Å². The minimum atomic E-state index is -1.26. The summed E-state index contributed by atoms with van der Waals surface area (Å²) in [4.78, 5) is 19.1. The first-order valence-electron chi connectivity index (χ1n) is 13.7. The largest absolute Gasteiger partial charge is 0.478 e. The van der Waals surface area contributed by atoms with Gasteiger partial charge in [0.1, 0.15) is 12.2 Å². The second kappa shape index (κ2) is 21.5. The molecule has 0 spiro atoms. The Labute approximate surface area is 245 Å². The highest BCUT2D eigenvalue weighted by molar-refractivity contribution is 5.89. The van der Waals surface area contributed by atoms with Crippen molar-refractivity contribution in [3.05, 3.63) is 83.9 Å². The van der Waals surface area contributed by atoms with E-state index in [0.29, 0.717) is 38.6 Å². The van der Waals surface area contributed by atoms with Crippen LogP contribution in [0.4, 0.5) is 0 Å². The van der Waals surface area contributed by atoms with E-state index < -0.39 is 24.1 Å². The predicted molar refractivity (Wildman–Crippen MR) is 154 cm³/mol. The lowest BCUT2D eigenvalue weighted by molar-refractivity contribution is -0.134. The molecule has 4 rings (SSSR count). The monoisotopic (exact) mass is 590 g/mol. The van der Waals surface area contributed by atoms with Crippen LogP contribution in [0.5, 0.6) is 0 Å². The molecule has 2 saturated heterocycles. The van der Waals surface area contributed by atoms with Crippen LogP contribution in [0.25, 0.3) is 0 Å². The minimum Gasteiger partial charge on any atom is -0.478 e. The van der Waals surface area contributed by atoms with Crippen molar-refractivity contribution in [1.82, 2.24) is 10.6 Å². The van der Waals surface area contributed by atoms with E-state index in [9.17, 15) is 19.8 Å². The van der Waals surface area contributed by atoms with Crippen molar-refractivity contribution in [2.45, 2.75) is 24.4 Å². The number of hydrogen-bond acceptors (Lipinski definition) is 10. The molecular weight excluding hydrogens is 548 g/mol. The highest BCUT2D eigenvalue weighted by Crippen LogP contribution is 2.13. The molecule has 12 nitrogen and oxygen atoms in total. The number of carboxylic acids is 2. The molecule has 0 radical (unpaired) electrons. The molecule has 2 fully saturated rings. The van der Waals surface area contributed by atoms with Gasteiger partial charge in [0.2, 0.25) is 0 Å². The van der Waals surface area contributed by atoms with Crippen molar-refractivity contribution in [1.29, 1.82) is 0 Å². The summed E-state index contributed by atoms with van der Waals surface area (Å²) < 4.78 is 21.9. The molecule has 0 saturated carbocycles. The second-order valence-corrected chi connectivity index (χ2v) is 9.33. The standard InChI is InChI=1S/2C13H19NO3.C4H4O4/c2*15-13(11-4-2-1-3-5-11)10-16-9-12-8-14-6-7-17-12;5-3(6)1-2-4(7)8/h2*1-5,12-15H,6-10H2;1-2H,(H,5,6)(H,7,8)/b;;2-1+. The number of carboxylic acid groups (broad SMARTS) is 2. The van der Waals surface area contributed by atoms with Crippen LogP contribution in [0.1, 0.15) is 23.3 Å². The van der Waals surface area contributed by atoms with E-state index in [-0.39, 0.29) is 12.2 Å². The number of rotatable bonds is 12. The Kier molecular flexibility index (Phi) is 17.9. The summed E-state index contributed by atoms with van der Waals surface area (Å²) in [5.41, 5.74) is 1.77. The van der Waals surface area contributed by atoms with Crippen molar-refractivity contribution in [3.63, 3.8) is 0 Å². The lowest BCUT2D eigenvalue weighted by Crippen LogP contribution is -2.41. The van der Waals surface area contributed by atoms with Crippen LogP contribution >= 0.6 is 0 Å². The maximum absolute atomic E-state index is 9.87. The molecule has 0 bridgehead atoms. The van der Waals surface area contributed by atoms with E-state index in [1.165, 1.54) is 0 Å². The first-order chi connectivity index (χ1) is 20.3. The van der Waals surface area contributed by atoms with Gasteiger partial charge in [0.15, 0.2) is 0 Å². The van der Waals surface area contributed by atoms with Crippen LogP contribution in [0.2, 0.25) is 0 Å². The number of aliphatic hydroxyl groups excluding tert-OH is 2. The molecule has 4 atom stereocenters. The van der Waals surface area contributed by atoms with Crippen LogP contribution in [-0.4, -0.2) is 110 Å². The molecule has 6 N–H and O–H groups in total. The van der Waals surface area contributed by atoms with Crippen molar-refractivity contribution >= 4 is 11.9 Å². The van der Waals surface area contributed by atoms with Gasteiger partial charge >= 0.3 is 11.9 Å². The predicted octanol–water partition coefficient (Wildman–Crippen LogP) is 1.16. The maximum atomic E-state index is 9.87. The van der Waals surface area contributed by atoms with Gasteiger partial charge < -0.3 is 50.0 Å². The third-order valence-electron chi connectivity index (χ3n) is 5.90. The molecule has 232 valence electrons. The third kappa shape index (κ3) is 16.3. The summed E-state index contributed by atoms with van der Waals surface area (Å²) in [7, 11) is 0. The summed E-state index contributed by atoms with van der Waals surface area (Å²) in [5, 5.41) is 41.8. The smallest absolute Gasteiger partial charge is 0.328 e. The van der Waals surface area contributed by atoms with Gasteiger partial charge in [-0.25, -0.2) is 9.59 Å². The van der Waals surface area contributed by atoms with Gasteiger partial charge in [0, 0.05) is 38.3 Å². The van der Waals surface area contributed by atoms with Gasteiger partial charge in [-0.3, -0.25) is 0 Å². The Bertz CT molecular complexity index is 932. The van der Waals surface area contributed by atoms with Crippen LogP contribution in [0.3, 0.4) is 0 Å². The number of benzene rings is 2. The molecule has 2 aromatic rings. The van der Waals surface area contributed by atoms with Crippen molar-refractivity contribution in [2.24, 2.45) is 0 Å². The van der Waals surface area contributed by atoms with Gasteiger partial charge in [-0.15, -0.1) is 0 Å². The molecule has 2 aliphatic rings. The van der Waals surface area contributed by atoms with E-state index in [4.69, 9.17) is 29.2 Å². The Morgan fingerprint density at radius 3 is 1.43 bits per heavy atom. The molecule has 2 aliphatic heterocycles. The molecule has 42 heavy (non-hydrogen) atoms. The maximum Gasteiger partial charge on any atom is 0.328 e. The lowest BCUT2D eigenvalue weighted by atomic mass is 10.1. The highest BCUT2D eigenvalue weighted by Gasteiger charge is 2.16. The average Bonchev–Trinajstić information content (AvgIpc) is 3.02. The van der Waals surface area contributed by atoms with Crippen LogP contribution in [0.15, 0.2) is 72.8 Å². The normalized spacial score (nSPS) is 19.9. The second-order valence-electron chi connectivity index (χ2n) is 9.33. The molecule has 4 unspecified atom stereocenters. The summed E-state index contributed by atoms with van der Waals surface area (Å²) in [6, 6.07) is 19.1. The van der Waals surface area contributed by atoms with Crippen molar-refractivity contribution in [3.8, 4) is 0 Å². The Hall–Kier alpha value is -3.20. The molecular formula is C30H42N2O10. The summed E-state index contributed by atoms with van der Waals surface area (Å²) >= 11 is 0. The van der Waals surface area contributed by atoms with E-state index >= 15 is 0 Å². The van der Waals surface area contributed by atoms with Gasteiger partial charge in [-0.2, -0.15) is 0 Å². The lowest BCUT2D eigenvalue weighted by Gasteiger charge is -2.23. The van der Waals surface area contributed by atoms with Crippen LogP contribution in [0, 0.1) is 0 Å². The number of morpholine rings is 2. The molecule has 2 aromatic carbocycles. The average molecular weight is 591 g/mol. The topological polar surface area (TPSA) is 176 Å². The van der Waals surface area contributed by atoms with E-state index in [1.807, 2.05) is 60.7 Å². The highest BCUT2D eigenvalue weighted by atomic mass is 16.5. The first-order valence-corrected chi connectivity index (χ1v) is 13.7. The zero-order chi connectivity index (χ0) is 30.4. The molecule has 12 heteroatoms. The Morgan fingerprint density at radius 2 is 1.12 bits per heavy atom. The SMILES string of the molecule is O=C(O)/C=C/C(=O)O.OC(COCC1CNCCO1)c1ccccc1.OC(COCC1CNCCO1)c1ccccc1. The minimum absolute atomic E-state index is 0.103. The fourth-order valence-electron chi connectivity index (χ4n) is 3.76. The van der Waals surface area contributed by atoms with Crippen molar-refractivity contribution < 1.29 is 49.0 Å². The van der Waals surface area contributed by atoms with Gasteiger partial charge in [0.05, 0.1) is 51.8 Å². The number of nitrogens with one attached hydrogen (secondary N) is 2. The summed E-state index contributed by atoms with van der Waals surface area (Å²) in [6.45, 7) is 6.58. The van der Waals surface area contributed by atoms with Gasteiger partial charge in [-0.1, -0.05) is 60.7 Å². The number of ether oxygens (including phenoxy) is 4. The Morgan fingerprint density at radius 1 is 0.738 bits per heavy atom. The number of aliphatic carboxylic acids is 2. The zero-order valence-electron chi connectivity index (χ0n) is 23.5. The fourth-order valence-corrected chi connectivity index (χ4v) is 3.76. The van der Waals surface area contributed by atoms with Gasteiger partial charge in [0.25, 0.3) is 0 Å². The molecule has 0 aromatic heterocycles. The quantitative estimate of drug-likeness (QED) is 0.195. The molecule has 0 amide bonds. The third-order valence-corrected chi connectivity index (χ3v) is 5.90. The zero-order valence-corrected chi connectivity index (χ0v) is 23.5. The molecule has 0 aliphatic carbocycles. The molecule has 2 heterocycles. The first kappa shape index (κ1) is 35.0. The van der Waals surface area contributed by atoms with Gasteiger partial charge in [-0.05, 0) is 11.1 Å². The summed E-state index contributed by atoms with van der Waals surface area (Å²) in [6.07, 6.45) is 0.198. The van der Waals surface area contributed by atoms with E-state index in [0.717, 1.165) is 50.5 Å². The number of aliphatic hydroxyl groups is 2. The summed E-state index contributed by atoms with van der Waals surface area (Å²) in [5.74, 6) is -2.51. The fraction of sp³-hybridized carbons (Fsp3) is 0.467. The van der Waals surface area contributed by atoms with E-state index in [2.05, 4.69) is 10.6 Å².